The van der Waals surface area contributed by atoms with Crippen molar-refractivity contribution in [2.75, 3.05) is 37.7 Å². The molecule has 1 rings (SSSR count). The van der Waals surface area contributed by atoms with Crippen LogP contribution >= 0.6 is 11.3 Å². The molecule has 1 heterocycles. The zero-order chi connectivity index (χ0) is 12.7. The van der Waals surface area contributed by atoms with Crippen LogP contribution in [0.25, 0.3) is 0 Å². The molecule has 0 bridgehead atoms. The fourth-order valence-electron chi connectivity index (χ4n) is 1.27. The minimum atomic E-state index is -0.153. The van der Waals surface area contributed by atoms with Crippen molar-refractivity contribution in [1.82, 2.24) is 15.6 Å². The lowest BCUT2D eigenvalue weighted by atomic mass is 10.4. The molecule has 0 saturated heterocycles. The first-order valence-corrected chi connectivity index (χ1v) is 6.43. The number of hydrogen-bond acceptors (Lipinski definition) is 6. The second-order valence-electron chi connectivity index (χ2n) is 3.48. The number of aromatic nitrogens is 1. The Morgan fingerprint density at radius 1 is 1.47 bits per heavy atom. The number of hydrogen-bond donors (Lipinski definition) is 4. The topological polar surface area (TPSA) is 92.1 Å². The van der Waals surface area contributed by atoms with Gasteiger partial charge in [-0.05, 0) is 26.9 Å². The van der Waals surface area contributed by atoms with Gasteiger partial charge in [0, 0.05) is 13.1 Å². The monoisotopic (exact) mass is 257 g/mol. The molecule has 0 radical (unpaired) electrons. The van der Waals surface area contributed by atoms with Crippen LogP contribution in [0.15, 0.2) is 0 Å². The third kappa shape index (κ3) is 4.20. The molecule has 96 valence electrons. The fourth-order valence-corrected chi connectivity index (χ4v) is 2.14. The van der Waals surface area contributed by atoms with Crippen molar-refractivity contribution in [3.05, 3.63) is 4.88 Å². The van der Waals surface area contributed by atoms with Crippen LogP contribution in [0, 0.1) is 0 Å². The molecule has 0 aliphatic carbocycles. The highest BCUT2D eigenvalue weighted by molar-refractivity contribution is 7.18. The Balaban J connectivity index is 2.50. The molecule has 6 nitrogen and oxygen atoms in total. The van der Waals surface area contributed by atoms with E-state index in [1.807, 2.05) is 14.0 Å². The molecule has 5 N–H and O–H groups in total. The van der Waals surface area contributed by atoms with Crippen molar-refractivity contribution >= 4 is 28.2 Å². The first-order valence-electron chi connectivity index (χ1n) is 5.62. The maximum atomic E-state index is 11.8. The lowest BCUT2D eigenvalue weighted by Gasteiger charge is -2.02. The van der Waals surface area contributed by atoms with Crippen LogP contribution in [0.3, 0.4) is 0 Å². The van der Waals surface area contributed by atoms with E-state index in [2.05, 4.69) is 20.9 Å². The Labute approximate surface area is 105 Å². The van der Waals surface area contributed by atoms with Crippen molar-refractivity contribution in [3.63, 3.8) is 0 Å². The van der Waals surface area contributed by atoms with E-state index in [-0.39, 0.29) is 11.7 Å². The number of nitrogen functional groups attached to an aromatic ring is 1. The number of nitrogens with one attached hydrogen (secondary N) is 3. The number of nitrogens with two attached hydrogens (primary N) is 1. The molecule has 1 aromatic rings. The Bertz CT molecular complexity index is 366. The summed E-state index contributed by atoms with van der Waals surface area (Å²) in [6.45, 7) is 4.24. The summed E-state index contributed by atoms with van der Waals surface area (Å²) in [5.74, 6) is 0.136. The summed E-state index contributed by atoms with van der Waals surface area (Å²) in [5, 5.41) is 9.55. The minimum absolute atomic E-state index is 0.153. The van der Waals surface area contributed by atoms with E-state index < -0.39 is 0 Å². The van der Waals surface area contributed by atoms with Crippen molar-refractivity contribution in [3.8, 4) is 0 Å². The fraction of sp³-hybridized carbons (Fsp3) is 0.600. The predicted octanol–water partition coefficient (Wildman–Crippen LogP) is 0.496. The van der Waals surface area contributed by atoms with Gasteiger partial charge < -0.3 is 21.7 Å². The van der Waals surface area contributed by atoms with Gasteiger partial charge in [0.2, 0.25) is 0 Å². The molecular weight excluding hydrogens is 238 g/mol. The molecule has 0 fully saturated rings. The van der Waals surface area contributed by atoms with Crippen molar-refractivity contribution in [2.45, 2.75) is 13.3 Å². The lowest BCUT2D eigenvalue weighted by Crippen LogP contribution is -2.26. The number of amides is 1. The molecule has 0 saturated carbocycles. The van der Waals surface area contributed by atoms with Gasteiger partial charge in [0.05, 0.1) is 0 Å². The van der Waals surface area contributed by atoms with Crippen LogP contribution in [-0.4, -0.2) is 37.6 Å². The third-order valence-corrected chi connectivity index (χ3v) is 3.10. The highest BCUT2D eigenvalue weighted by Gasteiger charge is 2.15. The zero-order valence-electron chi connectivity index (χ0n) is 10.2. The van der Waals surface area contributed by atoms with Crippen LogP contribution in [0.4, 0.5) is 10.9 Å². The van der Waals surface area contributed by atoms with Gasteiger partial charge in [-0.1, -0.05) is 11.3 Å². The molecule has 17 heavy (non-hydrogen) atoms. The van der Waals surface area contributed by atoms with Crippen LogP contribution in [0.1, 0.15) is 23.0 Å². The van der Waals surface area contributed by atoms with E-state index in [0.29, 0.717) is 16.6 Å². The molecule has 1 amide bonds. The summed E-state index contributed by atoms with van der Waals surface area (Å²) >= 11 is 1.28. The van der Waals surface area contributed by atoms with E-state index in [1.54, 1.807) is 0 Å². The average molecular weight is 257 g/mol. The summed E-state index contributed by atoms with van der Waals surface area (Å²) in [6, 6.07) is 0. The maximum absolute atomic E-state index is 11.8. The van der Waals surface area contributed by atoms with E-state index in [0.717, 1.165) is 19.5 Å². The molecule has 1 aromatic heterocycles. The van der Waals surface area contributed by atoms with Crippen molar-refractivity contribution in [2.24, 2.45) is 0 Å². The second kappa shape index (κ2) is 7.08. The highest BCUT2D eigenvalue weighted by atomic mass is 32.1. The molecule has 0 aromatic carbocycles. The third-order valence-electron chi connectivity index (χ3n) is 2.08. The molecule has 0 aliphatic heterocycles. The van der Waals surface area contributed by atoms with Gasteiger partial charge in [0.1, 0.15) is 10.7 Å². The lowest BCUT2D eigenvalue weighted by molar-refractivity contribution is 0.0958. The van der Waals surface area contributed by atoms with Gasteiger partial charge in [-0.15, -0.1) is 0 Å². The number of carbonyl (C=O) groups excluding carboxylic acids is 1. The van der Waals surface area contributed by atoms with E-state index in [4.69, 9.17) is 5.73 Å². The van der Waals surface area contributed by atoms with Gasteiger partial charge in [-0.25, -0.2) is 4.98 Å². The standard InChI is InChI=1S/C10H19N5OS/c1-3-13-10-15-8(11)7(17-10)9(16)14-6-4-5-12-2/h12H,3-6,11H2,1-2H3,(H,13,15)(H,14,16). The second-order valence-corrected chi connectivity index (χ2v) is 4.48. The molecule has 0 unspecified atom stereocenters. The molecule has 7 heteroatoms. The number of rotatable bonds is 7. The molecule has 0 aliphatic rings. The molecule has 0 spiro atoms. The van der Waals surface area contributed by atoms with Gasteiger partial charge in [-0.3, -0.25) is 4.79 Å². The normalized spacial score (nSPS) is 10.2. The van der Waals surface area contributed by atoms with Gasteiger partial charge in [-0.2, -0.15) is 0 Å². The highest BCUT2D eigenvalue weighted by Crippen LogP contribution is 2.24. The van der Waals surface area contributed by atoms with Gasteiger partial charge >= 0.3 is 0 Å². The number of thiazole rings is 1. The predicted molar refractivity (Wildman–Crippen MR) is 71.6 cm³/mol. The largest absolute Gasteiger partial charge is 0.382 e. The Hall–Kier alpha value is -1.34. The van der Waals surface area contributed by atoms with E-state index >= 15 is 0 Å². The smallest absolute Gasteiger partial charge is 0.265 e. The number of nitrogens with zero attached hydrogens (tertiary/aromatic N) is 1. The Morgan fingerprint density at radius 2 is 2.24 bits per heavy atom. The first-order chi connectivity index (χ1) is 8.19. The average Bonchev–Trinajstić information content (AvgIpc) is 2.66. The summed E-state index contributed by atoms with van der Waals surface area (Å²) in [7, 11) is 1.88. The zero-order valence-corrected chi connectivity index (χ0v) is 11.0. The Kier molecular flexibility index (Phi) is 5.71. The number of anilines is 2. The van der Waals surface area contributed by atoms with Gasteiger partial charge in [0.25, 0.3) is 5.91 Å². The van der Waals surface area contributed by atoms with E-state index in [9.17, 15) is 4.79 Å². The number of carbonyl (C=O) groups is 1. The molecule has 0 atom stereocenters. The van der Waals surface area contributed by atoms with Crippen LogP contribution in [0.5, 0.6) is 0 Å². The maximum Gasteiger partial charge on any atom is 0.265 e. The summed E-state index contributed by atoms with van der Waals surface area (Å²) in [6.07, 6.45) is 0.890. The van der Waals surface area contributed by atoms with Crippen molar-refractivity contribution < 1.29 is 4.79 Å². The summed E-state index contributed by atoms with van der Waals surface area (Å²) in [4.78, 5) is 16.3. The SMILES string of the molecule is CCNc1nc(N)c(C(=O)NCCCNC)s1. The van der Waals surface area contributed by atoms with Gasteiger partial charge in [0.15, 0.2) is 5.13 Å². The molecular formula is C10H19N5OS. The quantitative estimate of drug-likeness (QED) is 0.534. The van der Waals surface area contributed by atoms with Crippen molar-refractivity contribution in [1.29, 1.82) is 0 Å². The van der Waals surface area contributed by atoms with E-state index in [1.165, 1.54) is 11.3 Å². The summed E-state index contributed by atoms with van der Waals surface area (Å²) < 4.78 is 0. The minimum Gasteiger partial charge on any atom is -0.382 e. The Morgan fingerprint density at radius 3 is 2.88 bits per heavy atom. The van der Waals surface area contributed by atoms with Crippen LogP contribution < -0.4 is 21.7 Å². The summed E-state index contributed by atoms with van der Waals surface area (Å²) in [5.41, 5.74) is 5.69. The van der Waals surface area contributed by atoms with Crippen LogP contribution in [0.2, 0.25) is 0 Å². The first kappa shape index (κ1) is 13.7. The van der Waals surface area contributed by atoms with Crippen LogP contribution in [-0.2, 0) is 0 Å².